The van der Waals surface area contributed by atoms with E-state index in [0.29, 0.717) is 5.39 Å². The second-order valence-corrected chi connectivity index (χ2v) is 4.63. The summed E-state index contributed by atoms with van der Waals surface area (Å²) >= 11 is 0. The van der Waals surface area contributed by atoms with Crippen LogP contribution in [0.3, 0.4) is 0 Å². The molecule has 1 saturated heterocycles. The zero-order valence-corrected chi connectivity index (χ0v) is 10.8. The van der Waals surface area contributed by atoms with Gasteiger partial charge in [0, 0.05) is 0 Å². The molecule has 114 valence electrons. The van der Waals surface area contributed by atoms with Crippen LogP contribution in [0, 0.1) is 0 Å². The van der Waals surface area contributed by atoms with Crippen molar-refractivity contribution in [2.24, 2.45) is 5.84 Å². The second kappa shape index (κ2) is 5.05. The first-order valence-electron chi connectivity index (χ1n) is 6.16. The summed E-state index contributed by atoms with van der Waals surface area (Å²) in [4.78, 5) is 7.94. The third kappa shape index (κ3) is 2.07. The van der Waals surface area contributed by atoms with Crippen molar-refractivity contribution in [3.8, 4) is 0 Å². The highest BCUT2D eigenvalue weighted by Gasteiger charge is 2.44. The van der Waals surface area contributed by atoms with Crippen molar-refractivity contribution < 1.29 is 20.1 Å². The van der Waals surface area contributed by atoms with E-state index in [4.69, 9.17) is 21.4 Å². The normalized spacial score (nSPS) is 29.1. The fourth-order valence-electron chi connectivity index (χ4n) is 2.32. The maximum Gasteiger partial charge on any atom is 0.224 e. The van der Waals surface area contributed by atoms with Gasteiger partial charge in [-0.3, -0.25) is 0 Å². The Hall–Kier alpha value is -2.05. The van der Waals surface area contributed by atoms with Crippen LogP contribution in [0.5, 0.6) is 0 Å². The number of aliphatic hydroxyl groups is 3. The van der Waals surface area contributed by atoms with Crippen LogP contribution >= 0.6 is 0 Å². The Balaban J connectivity index is 2.07. The topological polar surface area (TPSA) is 178 Å². The summed E-state index contributed by atoms with van der Waals surface area (Å²) < 4.78 is 6.66. The summed E-state index contributed by atoms with van der Waals surface area (Å²) in [5, 5.41) is 33.5. The van der Waals surface area contributed by atoms with Gasteiger partial charge in [-0.25, -0.2) is 10.5 Å². The summed E-state index contributed by atoms with van der Waals surface area (Å²) in [6.45, 7) is -0.430. The highest BCUT2D eigenvalue weighted by Crippen LogP contribution is 2.32. The summed E-state index contributed by atoms with van der Waals surface area (Å²) in [5.41, 5.74) is 8.25. The van der Waals surface area contributed by atoms with Gasteiger partial charge in [0.2, 0.25) is 5.95 Å². The van der Waals surface area contributed by atoms with Gasteiger partial charge < -0.3 is 31.2 Å². The van der Waals surface area contributed by atoms with Gasteiger partial charge in [-0.05, 0) is 0 Å². The highest BCUT2D eigenvalue weighted by atomic mass is 16.6. The van der Waals surface area contributed by atoms with Gasteiger partial charge in [-0.2, -0.15) is 15.1 Å². The van der Waals surface area contributed by atoms with Gasteiger partial charge in [0.1, 0.15) is 18.3 Å². The average Bonchev–Trinajstić information content (AvgIpc) is 3.01. The standard InChI is InChI=1S/C10H15N7O4/c11-10-14-7(16-12)3-1-13-17(8(3)15-10)9-6(20)5(19)4(2-18)21-9/h1,4-6,9,18-20H,2,12H2,(H3,11,14,15,16)/t4-,5-,6-,9-/m1/s1. The third-order valence-corrected chi connectivity index (χ3v) is 3.37. The van der Waals surface area contributed by atoms with Crippen molar-refractivity contribution in [1.82, 2.24) is 19.7 Å². The number of aromatic nitrogens is 4. The van der Waals surface area contributed by atoms with E-state index in [1.54, 1.807) is 0 Å². The van der Waals surface area contributed by atoms with Crippen LogP contribution in [0.1, 0.15) is 6.23 Å². The predicted molar refractivity (Wildman–Crippen MR) is 70.6 cm³/mol. The van der Waals surface area contributed by atoms with Gasteiger partial charge in [-0.1, -0.05) is 0 Å². The van der Waals surface area contributed by atoms with Gasteiger partial charge >= 0.3 is 0 Å². The van der Waals surface area contributed by atoms with Gasteiger partial charge in [0.15, 0.2) is 17.7 Å². The Morgan fingerprint density at radius 2 is 2.10 bits per heavy atom. The van der Waals surface area contributed by atoms with E-state index in [1.165, 1.54) is 10.9 Å². The van der Waals surface area contributed by atoms with Gasteiger partial charge in [0.25, 0.3) is 0 Å². The van der Waals surface area contributed by atoms with Crippen molar-refractivity contribution in [3.63, 3.8) is 0 Å². The number of hydrogen-bond acceptors (Lipinski definition) is 10. The van der Waals surface area contributed by atoms with Crippen LogP contribution in [0.2, 0.25) is 0 Å². The minimum absolute atomic E-state index is 0.0380. The zero-order valence-electron chi connectivity index (χ0n) is 10.8. The number of hydrazine groups is 1. The lowest BCUT2D eigenvalue weighted by Crippen LogP contribution is -2.33. The largest absolute Gasteiger partial charge is 0.394 e. The first-order chi connectivity index (χ1) is 10.1. The molecule has 8 N–H and O–H groups in total. The van der Waals surface area contributed by atoms with Gasteiger partial charge in [0.05, 0.1) is 18.2 Å². The molecule has 0 aromatic carbocycles. The van der Waals surface area contributed by atoms with Crippen molar-refractivity contribution in [3.05, 3.63) is 6.20 Å². The SMILES string of the molecule is NNc1nc(N)nc2c1cnn2[C@@H]1O[C@H](CO)[C@@H](O)[C@H]1O. The molecule has 11 heteroatoms. The maximum atomic E-state index is 10.0. The molecule has 1 aliphatic heterocycles. The van der Waals surface area contributed by atoms with E-state index in [2.05, 4.69) is 20.5 Å². The Morgan fingerprint density at radius 1 is 1.33 bits per heavy atom. The number of nitrogens with two attached hydrogens (primary N) is 2. The molecule has 0 amide bonds. The van der Waals surface area contributed by atoms with E-state index in [1.807, 2.05) is 0 Å². The Bertz CT molecular complexity index is 662. The van der Waals surface area contributed by atoms with Crippen molar-refractivity contribution in [2.45, 2.75) is 24.5 Å². The van der Waals surface area contributed by atoms with E-state index in [9.17, 15) is 10.2 Å². The Labute approximate surface area is 118 Å². The van der Waals surface area contributed by atoms with E-state index < -0.39 is 31.1 Å². The number of nitrogens with one attached hydrogen (secondary N) is 1. The molecule has 1 fully saturated rings. The minimum atomic E-state index is -1.27. The van der Waals surface area contributed by atoms with Crippen LogP contribution in [-0.2, 0) is 4.74 Å². The van der Waals surface area contributed by atoms with E-state index >= 15 is 0 Å². The molecule has 11 nitrogen and oxygen atoms in total. The number of anilines is 2. The molecule has 0 aliphatic carbocycles. The molecule has 2 aromatic heterocycles. The van der Waals surface area contributed by atoms with Crippen LogP contribution < -0.4 is 17.0 Å². The molecule has 21 heavy (non-hydrogen) atoms. The van der Waals surface area contributed by atoms with Crippen molar-refractivity contribution in [1.29, 1.82) is 0 Å². The molecule has 4 atom stereocenters. The molecule has 1 aliphatic rings. The first-order valence-corrected chi connectivity index (χ1v) is 6.16. The average molecular weight is 297 g/mol. The fourth-order valence-corrected chi connectivity index (χ4v) is 2.32. The van der Waals surface area contributed by atoms with Crippen LogP contribution in [0.15, 0.2) is 6.20 Å². The lowest BCUT2D eigenvalue weighted by molar-refractivity contribution is -0.0566. The number of ether oxygens (including phenoxy) is 1. The lowest BCUT2D eigenvalue weighted by Gasteiger charge is -2.15. The second-order valence-electron chi connectivity index (χ2n) is 4.63. The van der Waals surface area contributed by atoms with Crippen LogP contribution in [0.4, 0.5) is 11.8 Å². The molecule has 3 rings (SSSR count). The summed E-state index contributed by atoms with van der Waals surface area (Å²) in [6, 6.07) is 0. The number of nitrogens with zero attached hydrogens (tertiary/aromatic N) is 4. The molecule has 0 saturated carbocycles. The molecular weight excluding hydrogens is 282 g/mol. The maximum absolute atomic E-state index is 10.0. The van der Waals surface area contributed by atoms with Gasteiger partial charge in [-0.15, -0.1) is 0 Å². The smallest absolute Gasteiger partial charge is 0.224 e. The minimum Gasteiger partial charge on any atom is -0.394 e. The first kappa shape index (κ1) is 13.9. The molecular formula is C10H15N7O4. The predicted octanol–water partition coefficient (Wildman–Crippen LogP) is -2.69. The van der Waals surface area contributed by atoms with E-state index in [0.717, 1.165) is 0 Å². The molecule has 2 aromatic rings. The molecule has 0 unspecified atom stereocenters. The number of aliphatic hydroxyl groups excluding tert-OH is 3. The lowest BCUT2D eigenvalue weighted by atomic mass is 10.1. The summed E-state index contributed by atoms with van der Waals surface area (Å²) in [6.07, 6.45) is -2.98. The van der Waals surface area contributed by atoms with E-state index in [-0.39, 0.29) is 17.4 Å². The zero-order chi connectivity index (χ0) is 15.1. The van der Waals surface area contributed by atoms with Crippen LogP contribution in [-0.4, -0.2) is 60.0 Å². The summed E-state index contributed by atoms with van der Waals surface area (Å²) in [7, 11) is 0. The van der Waals surface area contributed by atoms with Crippen molar-refractivity contribution in [2.75, 3.05) is 17.8 Å². The highest BCUT2D eigenvalue weighted by molar-refractivity contribution is 5.87. The van der Waals surface area contributed by atoms with Crippen LogP contribution in [0.25, 0.3) is 11.0 Å². The number of rotatable bonds is 3. The Kier molecular flexibility index (Phi) is 3.35. The number of nitrogen functional groups attached to an aromatic ring is 2. The molecule has 0 radical (unpaired) electrons. The molecule has 0 bridgehead atoms. The molecule has 0 spiro atoms. The summed E-state index contributed by atoms with van der Waals surface area (Å²) in [5.74, 6) is 5.59. The number of hydrogen-bond donors (Lipinski definition) is 6. The number of fused-ring (bicyclic) bond motifs is 1. The third-order valence-electron chi connectivity index (χ3n) is 3.37. The fraction of sp³-hybridized carbons (Fsp3) is 0.500. The monoisotopic (exact) mass is 297 g/mol. The Morgan fingerprint density at radius 3 is 2.71 bits per heavy atom. The molecule has 3 heterocycles. The quantitative estimate of drug-likeness (QED) is 0.258. The van der Waals surface area contributed by atoms with Crippen molar-refractivity contribution >= 4 is 22.8 Å².